The highest BCUT2D eigenvalue weighted by atomic mass is 19.1. The van der Waals surface area contributed by atoms with Crippen molar-refractivity contribution in [1.82, 2.24) is 0 Å². The van der Waals surface area contributed by atoms with Crippen LogP contribution in [0.1, 0.15) is 39.0 Å². The maximum absolute atomic E-state index is 14.4. The number of nitrogens with one attached hydrogen (secondary N) is 1. The second-order valence-corrected chi connectivity index (χ2v) is 6.97. The van der Waals surface area contributed by atoms with Crippen LogP contribution in [0.4, 0.5) is 24.5 Å². The molecular formula is C22H23F3N2O2. The molecule has 3 rings (SSSR count). The Bertz CT molecular complexity index is 1080. The van der Waals surface area contributed by atoms with Crippen LogP contribution in [-0.4, -0.2) is 6.54 Å². The van der Waals surface area contributed by atoms with Crippen molar-refractivity contribution in [2.75, 3.05) is 17.6 Å². The Morgan fingerprint density at radius 2 is 1.72 bits per heavy atom. The van der Waals surface area contributed by atoms with Gasteiger partial charge in [-0.25, -0.2) is 13.2 Å². The molecule has 0 aliphatic heterocycles. The summed E-state index contributed by atoms with van der Waals surface area (Å²) in [5.74, 6) is -2.57. The summed E-state index contributed by atoms with van der Waals surface area (Å²) in [5.41, 5.74) is 4.54. The fourth-order valence-electron chi connectivity index (χ4n) is 3.20. The average Bonchev–Trinajstić information content (AvgIpc) is 2.69. The summed E-state index contributed by atoms with van der Waals surface area (Å²) in [6.07, 6.45) is 5.10. The van der Waals surface area contributed by atoms with Crippen LogP contribution in [0.5, 0.6) is 0 Å². The number of nitrogens with two attached hydrogens (primary N) is 1. The molecule has 0 saturated carbocycles. The van der Waals surface area contributed by atoms with E-state index in [0.29, 0.717) is 12.6 Å². The van der Waals surface area contributed by atoms with E-state index in [4.69, 9.17) is 10.2 Å². The first-order valence-corrected chi connectivity index (χ1v) is 9.67. The Morgan fingerprint density at radius 3 is 2.45 bits per heavy atom. The van der Waals surface area contributed by atoms with Gasteiger partial charge in [0.05, 0.1) is 16.8 Å². The zero-order valence-electron chi connectivity index (χ0n) is 16.2. The predicted molar refractivity (Wildman–Crippen MR) is 109 cm³/mol. The van der Waals surface area contributed by atoms with Crippen LogP contribution < -0.4 is 16.5 Å². The molecule has 7 heteroatoms. The number of benzene rings is 2. The Morgan fingerprint density at radius 1 is 0.966 bits per heavy atom. The molecule has 0 spiro atoms. The monoisotopic (exact) mass is 404 g/mol. The topological polar surface area (TPSA) is 68.3 Å². The molecule has 3 aromatic rings. The predicted octanol–water partition coefficient (Wildman–Crippen LogP) is 5.84. The van der Waals surface area contributed by atoms with Crippen molar-refractivity contribution in [3.05, 3.63) is 58.0 Å². The average molecular weight is 404 g/mol. The largest absolute Gasteiger partial charge is 0.453 e. The Hall–Kier alpha value is -2.96. The van der Waals surface area contributed by atoms with Crippen molar-refractivity contribution >= 4 is 22.3 Å². The van der Waals surface area contributed by atoms with Crippen LogP contribution in [0.15, 0.2) is 39.5 Å². The van der Waals surface area contributed by atoms with Crippen LogP contribution in [0.25, 0.3) is 22.3 Å². The summed E-state index contributed by atoms with van der Waals surface area (Å²) in [4.78, 5) is 12.7. The van der Waals surface area contributed by atoms with Crippen molar-refractivity contribution < 1.29 is 17.6 Å². The van der Waals surface area contributed by atoms with Gasteiger partial charge in [0.2, 0.25) is 0 Å². The summed E-state index contributed by atoms with van der Waals surface area (Å²) >= 11 is 0. The Balaban J connectivity index is 1.97. The maximum atomic E-state index is 14.4. The van der Waals surface area contributed by atoms with Crippen LogP contribution in [0, 0.1) is 17.5 Å². The fraction of sp³-hybridized carbons (Fsp3) is 0.318. The molecule has 0 bridgehead atoms. The van der Waals surface area contributed by atoms with E-state index in [-0.39, 0.29) is 33.7 Å². The van der Waals surface area contributed by atoms with E-state index in [1.54, 1.807) is 0 Å². The molecule has 1 aromatic heterocycles. The Labute approximate surface area is 166 Å². The van der Waals surface area contributed by atoms with Gasteiger partial charge in [0, 0.05) is 24.2 Å². The van der Waals surface area contributed by atoms with Crippen molar-refractivity contribution in [2.24, 2.45) is 0 Å². The molecule has 0 radical (unpaired) electrons. The molecule has 29 heavy (non-hydrogen) atoms. The van der Waals surface area contributed by atoms with Gasteiger partial charge in [-0.15, -0.1) is 0 Å². The van der Waals surface area contributed by atoms with Gasteiger partial charge in [0.15, 0.2) is 16.8 Å². The van der Waals surface area contributed by atoms with Gasteiger partial charge in [0.1, 0.15) is 17.4 Å². The highest BCUT2D eigenvalue weighted by Gasteiger charge is 2.19. The summed E-state index contributed by atoms with van der Waals surface area (Å²) in [6.45, 7) is 2.57. The van der Waals surface area contributed by atoms with Crippen molar-refractivity contribution in [3.63, 3.8) is 0 Å². The summed E-state index contributed by atoms with van der Waals surface area (Å²) < 4.78 is 48.0. The molecule has 0 aliphatic carbocycles. The lowest BCUT2D eigenvalue weighted by Crippen LogP contribution is -2.10. The lowest BCUT2D eigenvalue weighted by molar-refractivity contribution is 0.545. The summed E-state index contributed by atoms with van der Waals surface area (Å²) in [6, 6.07) is 5.65. The summed E-state index contributed by atoms with van der Waals surface area (Å²) in [7, 11) is 0. The van der Waals surface area contributed by atoms with Gasteiger partial charge in [0.25, 0.3) is 0 Å². The fourth-order valence-corrected chi connectivity index (χ4v) is 3.20. The van der Waals surface area contributed by atoms with Gasteiger partial charge < -0.3 is 15.5 Å². The smallest absolute Gasteiger partial charge is 0.195 e. The van der Waals surface area contributed by atoms with E-state index >= 15 is 0 Å². The van der Waals surface area contributed by atoms with E-state index in [1.165, 1.54) is 12.1 Å². The molecule has 0 amide bonds. The van der Waals surface area contributed by atoms with Gasteiger partial charge in [-0.05, 0) is 24.6 Å². The number of anilines is 2. The van der Waals surface area contributed by atoms with E-state index in [9.17, 15) is 18.0 Å². The number of halogens is 3. The third-order valence-electron chi connectivity index (χ3n) is 4.77. The molecule has 0 unspecified atom stereocenters. The van der Waals surface area contributed by atoms with E-state index in [2.05, 4.69) is 12.2 Å². The van der Waals surface area contributed by atoms with E-state index in [1.807, 2.05) is 0 Å². The first-order chi connectivity index (χ1) is 13.9. The highest BCUT2D eigenvalue weighted by molar-refractivity contribution is 5.91. The van der Waals surface area contributed by atoms with Crippen LogP contribution in [-0.2, 0) is 0 Å². The molecule has 2 aromatic carbocycles. The van der Waals surface area contributed by atoms with Crippen LogP contribution in [0.2, 0.25) is 0 Å². The van der Waals surface area contributed by atoms with Gasteiger partial charge >= 0.3 is 0 Å². The quantitative estimate of drug-likeness (QED) is 0.365. The lowest BCUT2D eigenvalue weighted by atomic mass is 10.1. The van der Waals surface area contributed by atoms with Crippen molar-refractivity contribution in [3.8, 4) is 11.3 Å². The number of hydrogen-bond acceptors (Lipinski definition) is 4. The van der Waals surface area contributed by atoms with Gasteiger partial charge in [-0.1, -0.05) is 32.6 Å². The van der Waals surface area contributed by atoms with Crippen LogP contribution in [0.3, 0.4) is 0 Å². The van der Waals surface area contributed by atoms with Gasteiger partial charge in [-0.2, -0.15) is 0 Å². The molecule has 0 atom stereocenters. The Kier molecular flexibility index (Phi) is 6.46. The molecule has 0 fully saturated rings. The maximum Gasteiger partial charge on any atom is 0.195 e. The molecular weight excluding hydrogens is 381 g/mol. The number of fused-ring (bicyclic) bond motifs is 1. The number of hydrogen-bond donors (Lipinski definition) is 2. The summed E-state index contributed by atoms with van der Waals surface area (Å²) in [5, 5.41) is 2.70. The SMILES string of the molecule is CCCCCCCNc1c(F)cc(F)c2oc(-c3ccc(N)c(F)c3)cc(=O)c12. The van der Waals surface area contributed by atoms with Gasteiger partial charge in [-0.3, -0.25) is 4.79 Å². The standard InChI is InChI=1S/C22H23F3N2O2/c1-2-3-4-5-6-9-27-21-15(24)11-16(25)22-20(21)18(28)12-19(29-22)13-7-8-17(26)14(23)10-13/h7-8,10-12,27H,2-6,9,26H2,1H3. The van der Waals surface area contributed by atoms with E-state index in [0.717, 1.165) is 44.2 Å². The third kappa shape index (κ3) is 4.55. The second-order valence-electron chi connectivity index (χ2n) is 6.97. The van der Waals surface area contributed by atoms with Crippen LogP contribution >= 0.6 is 0 Å². The normalized spacial score (nSPS) is 11.2. The lowest BCUT2D eigenvalue weighted by Gasteiger charge is -2.12. The molecule has 154 valence electrons. The van der Waals surface area contributed by atoms with Crippen molar-refractivity contribution in [2.45, 2.75) is 39.0 Å². The highest BCUT2D eigenvalue weighted by Crippen LogP contribution is 2.31. The number of nitrogen functional groups attached to an aromatic ring is 1. The minimum Gasteiger partial charge on any atom is -0.453 e. The third-order valence-corrected chi connectivity index (χ3v) is 4.77. The molecule has 4 nitrogen and oxygen atoms in total. The first kappa shape index (κ1) is 20.8. The second kappa shape index (κ2) is 9.03. The number of rotatable bonds is 8. The minimum atomic E-state index is -0.999. The number of unbranched alkanes of at least 4 members (excludes halogenated alkanes) is 4. The molecule has 3 N–H and O–H groups in total. The molecule has 0 aliphatic rings. The first-order valence-electron chi connectivity index (χ1n) is 9.67. The molecule has 0 saturated heterocycles. The van der Waals surface area contributed by atoms with Crippen molar-refractivity contribution in [1.29, 1.82) is 0 Å². The minimum absolute atomic E-state index is 0.0302. The zero-order chi connectivity index (χ0) is 21.0. The molecule has 1 heterocycles. The zero-order valence-corrected chi connectivity index (χ0v) is 16.2. The van der Waals surface area contributed by atoms with E-state index < -0.39 is 22.9 Å².